The molecular weight excluding hydrogens is 452 g/mol. The van der Waals surface area contributed by atoms with Gasteiger partial charge in [0.05, 0.1) is 10.4 Å². The lowest BCUT2D eigenvalue weighted by molar-refractivity contribution is 0.0584. The second-order valence-corrected chi connectivity index (χ2v) is 11.1. The Morgan fingerprint density at radius 3 is 2.56 bits per heavy atom. The van der Waals surface area contributed by atoms with Crippen molar-refractivity contribution in [3.05, 3.63) is 40.3 Å². The molecule has 3 aromatic rings. The van der Waals surface area contributed by atoms with Crippen molar-refractivity contribution in [2.24, 2.45) is 7.05 Å². The molecule has 0 atom stereocenters. The van der Waals surface area contributed by atoms with Gasteiger partial charge < -0.3 is 14.1 Å². The minimum absolute atomic E-state index is 0.194. The van der Waals surface area contributed by atoms with Crippen molar-refractivity contribution in [2.75, 3.05) is 26.2 Å². The van der Waals surface area contributed by atoms with E-state index >= 15 is 0 Å². The van der Waals surface area contributed by atoms with E-state index in [1.165, 1.54) is 28.0 Å². The number of oxazole rings is 1. The minimum Gasteiger partial charge on any atom is -0.467 e. The Balaban J connectivity index is 1.19. The van der Waals surface area contributed by atoms with Crippen LogP contribution in [0.2, 0.25) is 0 Å². The Bertz CT molecular complexity index is 1230. The van der Waals surface area contributed by atoms with Gasteiger partial charge in [0.15, 0.2) is 5.58 Å². The molecule has 0 N–H and O–H groups in total. The lowest BCUT2D eigenvalue weighted by Crippen LogP contribution is -2.50. The summed E-state index contributed by atoms with van der Waals surface area (Å²) in [5, 5.41) is 2.65. The number of hydrogen-bond acceptors (Lipinski definition) is 8. The fourth-order valence-corrected chi connectivity index (χ4v) is 6.68. The first kappa shape index (κ1) is 21.6. The smallest absolute Gasteiger partial charge is 0.419 e. The first-order valence-corrected chi connectivity index (χ1v) is 13.1. The summed E-state index contributed by atoms with van der Waals surface area (Å²) in [6, 6.07) is 4.97. The maximum Gasteiger partial charge on any atom is 0.419 e. The summed E-state index contributed by atoms with van der Waals surface area (Å²) >= 11 is 1.52. The van der Waals surface area contributed by atoms with Gasteiger partial charge in [-0.15, -0.1) is 0 Å². The molecule has 0 radical (unpaired) electrons. The van der Waals surface area contributed by atoms with Crippen molar-refractivity contribution in [3.8, 4) is 5.19 Å². The van der Waals surface area contributed by atoms with Gasteiger partial charge in [0.25, 0.3) is 5.19 Å². The van der Waals surface area contributed by atoms with E-state index in [1.807, 2.05) is 5.38 Å². The van der Waals surface area contributed by atoms with Crippen LogP contribution < -0.4 is 10.5 Å². The van der Waals surface area contributed by atoms with Gasteiger partial charge in [0, 0.05) is 50.8 Å². The molecule has 0 bridgehead atoms. The van der Waals surface area contributed by atoms with Gasteiger partial charge in [-0.2, -0.15) is 4.31 Å². The molecule has 0 spiro atoms. The quantitative estimate of drug-likeness (QED) is 0.555. The molecule has 0 aliphatic carbocycles. The van der Waals surface area contributed by atoms with E-state index in [0.717, 1.165) is 44.0 Å². The molecule has 2 fully saturated rings. The summed E-state index contributed by atoms with van der Waals surface area (Å²) in [7, 11) is -2.05. The third-order valence-corrected chi connectivity index (χ3v) is 9.05. The first-order chi connectivity index (χ1) is 15.4. The third kappa shape index (κ3) is 4.09. The van der Waals surface area contributed by atoms with E-state index in [9.17, 15) is 13.2 Å². The highest BCUT2D eigenvalue weighted by atomic mass is 32.2. The summed E-state index contributed by atoms with van der Waals surface area (Å²) in [5.74, 6) is -0.504. The number of likely N-dealkylation sites (tertiary alicyclic amines) is 1. The van der Waals surface area contributed by atoms with Gasteiger partial charge in [-0.05, 0) is 43.9 Å². The number of sulfonamides is 1. The standard InChI is InChI=1S/C21H26N4O5S2/c1-23-18-14-17(2-3-19(18)30-21(23)26)32(27,28)25-11-4-15(5-12-25)24-9-6-16(7-10-24)29-20-22-8-13-31-20/h2-3,8,13-16H,4-7,9-12H2,1H3. The minimum atomic E-state index is -3.62. The number of benzene rings is 1. The summed E-state index contributed by atoms with van der Waals surface area (Å²) in [6.45, 7) is 2.90. The molecule has 9 nitrogen and oxygen atoms in total. The normalized spacial score (nSPS) is 20.2. The van der Waals surface area contributed by atoms with Gasteiger partial charge in [-0.25, -0.2) is 18.2 Å². The molecule has 2 aliphatic rings. The van der Waals surface area contributed by atoms with Crippen molar-refractivity contribution in [2.45, 2.75) is 42.7 Å². The average molecular weight is 479 g/mol. The SMILES string of the molecule is Cn1c(=O)oc2ccc(S(=O)(=O)N3CCC(N4CCC(Oc5nccs5)CC4)CC3)cc21. The Hall–Kier alpha value is -2.21. The van der Waals surface area contributed by atoms with Gasteiger partial charge in [0.2, 0.25) is 10.0 Å². The molecule has 1 aromatic carbocycles. The van der Waals surface area contributed by atoms with Crippen LogP contribution in [0.1, 0.15) is 25.7 Å². The predicted octanol–water partition coefficient (Wildman–Crippen LogP) is 2.28. The Kier molecular flexibility index (Phi) is 5.82. The van der Waals surface area contributed by atoms with Gasteiger partial charge in [0.1, 0.15) is 6.10 Å². The van der Waals surface area contributed by atoms with Crippen LogP contribution in [-0.2, 0) is 17.1 Å². The van der Waals surface area contributed by atoms with Crippen LogP contribution >= 0.6 is 11.3 Å². The lowest BCUT2D eigenvalue weighted by Gasteiger charge is -2.41. The molecule has 0 saturated carbocycles. The number of thiazole rings is 1. The van der Waals surface area contributed by atoms with E-state index in [4.69, 9.17) is 9.15 Å². The zero-order valence-electron chi connectivity index (χ0n) is 17.8. The van der Waals surface area contributed by atoms with Crippen LogP contribution in [0.25, 0.3) is 11.1 Å². The number of rotatable bonds is 5. The molecule has 0 unspecified atom stereocenters. The molecule has 32 heavy (non-hydrogen) atoms. The van der Waals surface area contributed by atoms with E-state index in [-0.39, 0.29) is 11.0 Å². The van der Waals surface area contributed by atoms with Crippen molar-refractivity contribution in [1.82, 2.24) is 18.8 Å². The Morgan fingerprint density at radius 1 is 1.12 bits per heavy atom. The summed E-state index contributed by atoms with van der Waals surface area (Å²) in [6.07, 6.45) is 5.49. The zero-order chi connectivity index (χ0) is 22.3. The molecule has 4 heterocycles. The van der Waals surface area contributed by atoms with Gasteiger partial charge in [-0.3, -0.25) is 4.57 Å². The van der Waals surface area contributed by atoms with Crippen molar-refractivity contribution in [3.63, 3.8) is 0 Å². The number of fused-ring (bicyclic) bond motifs is 1. The second kappa shape index (κ2) is 8.62. The monoisotopic (exact) mass is 478 g/mol. The number of aromatic nitrogens is 2. The zero-order valence-corrected chi connectivity index (χ0v) is 19.5. The Morgan fingerprint density at radius 2 is 1.88 bits per heavy atom. The topological polar surface area (TPSA) is 97.9 Å². The largest absolute Gasteiger partial charge is 0.467 e. The lowest BCUT2D eigenvalue weighted by atomic mass is 10.00. The number of nitrogens with zero attached hydrogens (tertiary/aromatic N) is 4. The molecular formula is C21H26N4O5S2. The van der Waals surface area contributed by atoms with Crippen molar-refractivity contribution < 1.29 is 17.6 Å². The summed E-state index contributed by atoms with van der Waals surface area (Å²) in [4.78, 5) is 18.6. The predicted molar refractivity (Wildman–Crippen MR) is 121 cm³/mol. The molecule has 2 saturated heterocycles. The van der Waals surface area contributed by atoms with Crippen LogP contribution in [0.3, 0.4) is 0 Å². The van der Waals surface area contributed by atoms with Gasteiger partial charge >= 0.3 is 5.76 Å². The highest BCUT2D eigenvalue weighted by Gasteiger charge is 2.33. The molecule has 11 heteroatoms. The first-order valence-electron chi connectivity index (χ1n) is 10.8. The second-order valence-electron chi connectivity index (χ2n) is 8.34. The molecule has 5 rings (SSSR count). The number of piperidine rings is 2. The highest BCUT2D eigenvalue weighted by Crippen LogP contribution is 2.28. The van der Waals surface area contributed by atoms with Crippen LogP contribution in [0.15, 0.2) is 43.9 Å². The highest BCUT2D eigenvalue weighted by molar-refractivity contribution is 7.89. The Labute approximate surface area is 190 Å². The maximum absolute atomic E-state index is 13.2. The fourth-order valence-electron chi connectivity index (χ4n) is 4.63. The van der Waals surface area contributed by atoms with Crippen LogP contribution in [0.4, 0.5) is 0 Å². The van der Waals surface area contributed by atoms with E-state index in [1.54, 1.807) is 23.6 Å². The van der Waals surface area contributed by atoms with Gasteiger partial charge in [-0.1, -0.05) is 11.3 Å². The summed E-state index contributed by atoms with van der Waals surface area (Å²) < 4.78 is 40.3. The van der Waals surface area contributed by atoms with Crippen molar-refractivity contribution in [1.29, 1.82) is 0 Å². The van der Waals surface area contributed by atoms with Crippen molar-refractivity contribution >= 4 is 32.5 Å². The van der Waals surface area contributed by atoms with Crippen LogP contribution in [-0.4, -0.2) is 65.5 Å². The van der Waals surface area contributed by atoms with E-state index in [0.29, 0.717) is 30.2 Å². The number of aryl methyl sites for hydroxylation is 1. The van der Waals surface area contributed by atoms with Crippen LogP contribution in [0, 0.1) is 0 Å². The molecule has 172 valence electrons. The maximum atomic E-state index is 13.2. The average Bonchev–Trinajstić information content (AvgIpc) is 3.42. The van der Waals surface area contributed by atoms with E-state index in [2.05, 4.69) is 9.88 Å². The molecule has 0 amide bonds. The fraction of sp³-hybridized carbons (Fsp3) is 0.524. The molecule has 2 aromatic heterocycles. The molecule has 2 aliphatic heterocycles. The van der Waals surface area contributed by atoms with Crippen LogP contribution in [0.5, 0.6) is 5.19 Å². The number of ether oxygens (including phenoxy) is 1. The number of hydrogen-bond donors (Lipinski definition) is 0. The summed E-state index contributed by atoms with van der Waals surface area (Å²) in [5.41, 5.74) is 0.867. The third-order valence-electron chi connectivity index (χ3n) is 6.49. The van der Waals surface area contributed by atoms with E-state index < -0.39 is 15.8 Å².